The number of nitrogens with zero attached hydrogens (tertiary/aromatic N) is 2. The smallest absolute Gasteiger partial charge is 0.247 e. The lowest BCUT2D eigenvalue weighted by atomic mass is 10.4. The van der Waals surface area contributed by atoms with Crippen LogP contribution >= 0.6 is 11.6 Å². The third kappa shape index (κ3) is 2.53. The molecule has 1 heterocycles. The largest absolute Gasteiger partial charge is 0.281 e. The summed E-state index contributed by atoms with van der Waals surface area (Å²) in [4.78, 5) is 0.287. The van der Waals surface area contributed by atoms with Crippen LogP contribution in [-0.2, 0) is 15.9 Å². The van der Waals surface area contributed by atoms with E-state index in [1.807, 2.05) is 0 Å². The van der Waals surface area contributed by atoms with Crippen LogP contribution in [0.4, 0.5) is 0 Å². The summed E-state index contributed by atoms with van der Waals surface area (Å²) >= 11 is 5.80. The van der Waals surface area contributed by atoms with Gasteiger partial charge in [-0.25, -0.2) is 8.42 Å². The molecule has 0 saturated heterocycles. The van der Waals surface area contributed by atoms with Gasteiger partial charge in [0, 0.05) is 12.6 Å². The third-order valence-corrected chi connectivity index (χ3v) is 6.12. The fraction of sp³-hybridized carbons (Fsp3) is 0.750. The molecule has 0 bridgehead atoms. The lowest BCUT2D eigenvalue weighted by Crippen LogP contribution is -2.35. The highest BCUT2D eigenvalue weighted by Gasteiger charge is 2.42. The van der Waals surface area contributed by atoms with Gasteiger partial charge in [-0.15, -0.1) is 11.6 Å². The van der Waals surface area contributed by atoms with Gasteiger partial charge in [-0.1, -0.05) is 0 Å². The van der Waals surface area contributed by atoms with E-state index in [9.17, 15) is 8.42 Å². The SMILES string of the molecule is Cc1[nH]nc(CCl)c1S(=O)(=O)N(CC1CC1)C1CC1. The number of sulfonamides is 1. The normalized spacial score (nSPS) is 20.2. The zero-order valence-electron chi connectivity index (χ0n) is 10.9. The van der Waals surface area contributed by atoms with Crippen molar-refractivity contribution in [3.63, 3.8) is 0 Å². The van der Waals surface area contributed by atoms with Crippen molar-refractivity contribution in [2.45, 2.75) is 49.4 Å². The molecule has 0 unspecified atom stereocenters. The highest BCUT2D eigenvalue weighted by atomic mass is 35.5. The van der Waals surface area contributed by atoms with Gasteiger partial charge in [0.2, 0.25) is 10.0 Å². The van der Waals surface area contributed by atoms with E-state index >= 15 is 0 Å². The van der Waals surface area contributed by atoms with Crippen LogP contribution in [0.2, 0.25) is 0 Å². The van der Waals surface area contributed by atoms with Gasteiger partial charge < -0.3 is 0 Å². The van der Waals surface area contributed by atoms with Crippen molar-refractivity contribution >= 4 is 21.6 Å². The molecule has 0 spiro atoms. The fourth-order valence-corrected chi connectivity index (χ4v) is 4.75. The summed E-state index contributed by atoms with van der Waals surface area (Å²) in [5, 5.41) is 6.73. The molecule has 5 nitrogen and oxygen atoms in total. The Balaban J connectivity index is 1.96. The minimum Gasteiger partial charge on any atom is -0.281 e. The third-order valence-electron chi connectivity index (χ3n) is 3.74. The molecule has 2 saturated carbocycles. The van der Waals surface area contributed by atoms with Crippen LogP contribution in [-0.4, -0.2) is 35.5 Å². The lowest BCUT2D eigenvalue weighted by Gasteiger charge is -2.22. The first-order valence-corrected chi connectivity index (χ1v) is 8.63. The van der Waals surface area contributed by atoms with Crippen LogP contribution in [0.15, 0.2) is 4.90 Å². The number of nitrogens with one attached hydrogen (secondary N) is 1. The Kier molecular flexibility index (Phi) is 3.35. The van der Waals surface area contributed by atoms with Crippen molar-refractivity contribution in [3.05, 3.63) is 11.4 Å². The molecule has 0 radical (unpaired) electrons. The number of halogens is 1. The van der Waals surface area contributed by atoms with Gasteiger partial charge >= 0.3 is 0 Å². The Labute approximate surface area is 118 Å². The van der Waals surface area contributed by atoms with Gasteiger partial charge in [0.1, 0.15) is 4.90 Å². The summed E-state index contributed by atoms with van der Waals surface area (Å²) < 4.78 is 27.4. The maximum Gasteiger partial charge on any atom is 0.247 e. The number of rotatable bonds is 6. The molecule has 1 aromatic heterocycles. The first kappa shape index (κ1) is 13.4. The second kappa shape index (κ2) is 4.75. The summed E-state index contributed by atoms with van der Waals surface area (Å²) in [6.07, 6.45) is 4.23. The Bertz CT molecular complexity index is 576. The van der Waals surface area contributed by atoms with Crippen molar-refractivity contribution in [1.29, 1.82) is 0 Å². The minimum atomic E-state index is -3.47. The van der Waals surface area contributed by atoms with Crippen LogP contribution in [0.3, 0.4) is 0 Å². The number of aryl methyl sites for hydroxylation is 1. The predicted molar refractivity (Wildman–Crippen MR) is 72.5 cm³/mol. The summed E-state index contributed by atoms with van der Waals surface area (Å²) in [5.41, 5.74) is 1.01. The van der Waals surface area contributed by atoms with E-state index < -0.39 is 10.0 Å². The van der Waals surface area contributed by atoms with Gasteiger partial charge in [0.25, 0.3) is 0 Å². The van der Waals surface area contributed by atoms with Gasteiger partial charge in [-0.2, -0.15) is 9.40 Å². The van der Waals surface area contributed by atoms with E-state index in [-0.39, 0.29) is 16.8 Å². The van der Waals surface area contributed by atoms with Crippen molar-refractivity contribution in [2.24, 2.45) is 5.92 Å². The van der Waals surface area contributed by atoms with E-state index in [1.165, 1.54) is 0 Å². The Morgan fingerprint density at radius 3 is 2.58 bits per heavy atom. The maximum absolute atomic E-state index is 12.8. The highest BCUT2D eigenvalue weighted by molar-refractivity contribution is 7.89. The number of H-pyrrole nitrogens is 1. The topological polar surface area (TPSA) is 66.1 Å². The molecule has 2 aliphatic carbocycles. The van der Waals surface area contributed by atoms with Gasteiger partial charge in [-0.05, 0) is 38.5 Å². The Hall–Kier alpha value is -0.590. The average molecular weight is 304 g/mol. The zero-order valence-corrected chi connectivity index (χ0v) is 12.5. The Morgan fingerprint density at radius 1 is 1.37 bits per heavy atom. The zero-order chi connectivity index (χ0) is 13.6. The summed E-state index contributed by atoms with van der Waals surface area (Å²) in [6.45, 7) is 2.39. The number of hydrogen-bond donors (Lipinski definition) is 1. The molecule has 7 heteroatoms. The highest BCUT2D eigenvalue weighted by Crippen LogP contribution is 2.39. The molecular formula is C12H18ClN3O2S. The van der Waals surface area contributed by atoms with Crippen LogP contribution in [0.5, 0.6) is 0 Å². The molecule has 0 aliphatic heterocycles. The van der Waals surface area contributed by atoms with Crippen LogP contribution in [0.1, 0.15) is 37.1 Å². The minimum absolute atomic E-state index is 0.112. The van der Waals surface area contributed by atoms with Gasteiger partial charge in [-0.3, -0.25) is 5.10 Å². The standard InChI is InChI=1S/C12H18ClN3O2S/c1-8-12(11(6-13)15-14-8)19(17,18)16(10-4-5-10)7-9-2-3-9/h9-10H,2-7H2,1H3,(H,14,15). The van der Waals surface area contributed by atoms with Gasteiger partial charge in [0.15, 0.2) is 0 Å². The van der Waals surface area contributed by atoms with Gasteiger partial charge in [0.05, 0.1) is 17.3 Å². The molecule has 2 aliphatic rings. The van der Waals surface area contributed by atoms with Crippen LogP contribution in [0.25, 0.3) is 0 Å². The molecule has 2 fully saturated rings. The van der Waals surface area contributed by atoms with Crippen molar-refractivity contribution in [3.8, 4) is 0 Å². The van der Waals surface area contributed by atoms with E-state index in [0.29, 0.717) is 23.9 Å². The summed E-state index contributed by atoms with van der Waals surface area (Å²) in [7, 11) is -3.47. The van der Waals surface area contributed by atoms with E-state index in [0.717, 1.165) is 25.7 Å². The van der Waals surface area contributed by atoms with Crippen molar-refractivity contribution < 1.29 is 8.42 Å². The molecule has 3 rings (SSSR count). The first-order valence-electron chi connectivity index (χ1n) is 6.65. The molecular weight excluding hydrogens is 286 g/mol. The van der Waals surface area contributed by atoms with E-state index in [2.05, 4.69) is 10.2 Å². The fourth-order valence-electron chi connectivity index (χ4n) is 2.38. The molecule has 19 heavy (non-hydrogen) atoms. The van der Waals surface area contributed by atoms with Crippen molar-refractivity contribution in [2.75, 3.05) is 6.54 Å². The van der Waals surface area contributed by atoms with Crippen LogP contribution in [0, 0.1) is 12.8 Å². The molecule has 0 amide bonds. The van der Waals surface area contributed by atoms with Crippen molar-refractivity contribution in [1.82, 2.24) is 14.5 Å². The summed E-state index contributed by atoms with van der Waals surface area (Å²) in [6, 6.07) is 0.183. The monoisotopic (exact) mass is 303 g/mol. The second-order valence-electron chi connectivity index (χ2n) is 5.51. The molecule has 106 valence electrons. The maximum atomic E-state index is 12.8. The number of hydrogen-bond acceptors (Lipinski definition) is 3. The summed E-state index contributed by atoms with van der Waals surface area (Å²) in [5.74, 6) is 0.655. The average Bonchev–Trinajstić information content (AvgIpc) is 3.24. The number of aromatic amines is 1. The number of alkyl halides is 1. The Morgan fingerprint density at radius 2 is 2.05 bits per heavy atom. The predicted octanol–water partition coefficient (Wildman–Crippen LogP) is 2.02. The van der Waals surface area contributed by atoms with Crippen LogP contribution < -0.4 is 0 Å². The number of aromatic nitrogens is 2. The van der Waals surface area contributed by atoms with E-state index in [4.69, 9.17) is 11.6 Å². The quantitative estimate of drug-likeness (QED) is 0.818. The molecule has 0 atom stereocenters. The molecule has 0 aromatic carbocycles. The first-order chi connectivity index (χ1) is 9.04. The lowest BCUT2D eigenvalue weighted by molar-refractivity contribution is 0.388. The second-order valence-corrected chi connectivity index (χ2v) is 7.60. The molecule has 1 N–H and O–H groups in total. The molecule has 1 aromatic rings. The van der Waals surface area contributed by atoms with E-state index in [1.54, 1.807) is 11.2 Å².